The Kier molecular flexibility index (Phi) is 5.63. The highest BCUT2D eigenvalue weighted by Gasteiger charge is 2.11. The average molecular weight is 251 g/mol. The van der Waals surface area contributed by atoms with Gasteiger partial charge in [-0.15, -0.1) is 0 Å². The third-order valence-electron chi connectivity index (χ3n) is 2.41. The van der Waals surface area contributed by atoms with Gasteiger partial charge in [-0.1, -0.05) is 0 Å². The first-order chi connectivity index (χ1) is 8.63. The van der Waals surface area contributed by atoms with Crippen LogP contribution >= 0.6 is 0 Å². The Balaban J connectivity index is 2.45. The number of aromatic nitrogens is 1. The number of urea groups is 1. The van der Waals surface area contributed by atoms with Crippen LogP contribution < -0.4 is 5.32 Å². The fourth-order valence-electron chi connectivity index (χ4n) is 1.42. The van der Waals surface area contributed by atoms with Gasteiger partial charge >= 0.3 is 12.0 Å². The number of pyridine rings is 1. The Morgan fingerprint density at radius 1 is 1.39 bits per heavy atom. The van der Waals surface area contributed by atoms with E-state index >= 15 is 0 Å². The van der Waals surface area contributed by atoms with Crippen molar-refractivity contribution in [3.63, 3.8) is 0 Å². The Morgan fingerprint density at radius 3 is 2.61 bits per heavy atom. The maximum atomic E-state index is 11.8. The summed E-state index contributed by atoms with van der Waals surface area (Å²) in [6, 6.07) is 3.43. The lowest BCUT2D eigenvalue weighted by Crippen LogP contribution is -2.40. The van der Waals surface area contributed by atoms with Gasteiger partial charge in [0.2, 0.25) is 0 Å². The number of carbonyl (C=O) groups excluding carboxylic acids is 1. The van der Waals surface area contributed by atoms with E-state index in [1.807, 2.05) is 19.1 Å². The summed E-state index contributed by atoms with van der Waals surface area (Å²) in [7, 11) is 0. The molecule has 0 aliphatic carbocycles. The molecule has 1 heterocycles. The first kappa shape index (κ1) is 14.0. The molecular weight excluding hydrogens is 234 g/mol. The highest BCUT2D eigenvalue weighted by atomic mass is 16.4. The molecule has 2 amide bonds. The van der Waals surface area contributed by atoms with E-state index in [0.717, 1.165) is 5.56 Å². The fourth-order valence-corrected chi connectivity index (χ4v) is 1.42. The van der Waals surface area contributed by atoms with Gasteiger partial charge in [-0.05, 0) is 24.6 Å². The Labute approximate surface area is 106 Å². The zero-order chi connectivity index (χ0) is 13.4. The topological polar surface area (TPSA) is 82.5 Å². The standard InChI is InChI=1S/C12H17N3O3/c1-2-15(9-10-3-6-13-7-4-10)12(18)14-8-5-11(16)17/h3-4,6-7H,2,5,8-9H2,1H3,(H,14,18)(H,16,17). The summed E-state index contributed by atoms with van der Waals surface area (Å²) < 4.78 is 0. The van der Waals surface area contributed by atoms with Crippen LogP contribution in [-0.4, -0.2) is 40.1 Å². The Bertz CT molecular complexity index is 395. The lowest BCUT2D eigenvalue weighted by Gasteiger charge is -2.21. The minimum atomic E-state index is -0.924. The predicted molar refractivity (Wildman–Crippen MR) is 66.0 cm³/mol. The molecule has 0 aromatic carbocycles. The van der Waals surface area contributed by atoms with E-state index in [-0.39, 0.29) is 19.0 Å². The molecule has 6 heteroatoms. The monoisotopic (exact) mass is 251 g/mol. The van der Waals surface area contributed by atoms with Gasteiger partial charge in [-0.25, -0.2) is 4.79 Å². The second-order valence-corrected chi connectivity index (χ2v) is 3.75. The second kappa shape index (κ2) is 7.26. The van der Waals surface area contributed by atoms with E-state index in [0.29, 0.717) is 13.1 Å². The SMILES string of the molecule is CCN(Cc1ccncc1)C(=O)NCCC(=O)O. The summed E-state index contributed by atoms with van der Waals surface area (Å²) in [6.07, 6.45) is 3.27. The van der Waals surface area contributed by atoms with Crippen LogP contribution in [0, 0.1) is 0 Å². The van der Waals surface area contributed by atoms with Crippen LogP contribution in [0.3, 0.4) is 0 Å². The molecule has 1 rings (SSSR count). The van der Waals surface area contributed by atoms with Crippen LogP contribution in [0.4, 0.5) is 4.79 Å². The summed E-state index contributed by atoms with van der Waals surface area (Å²) in [5.74, 6) is -0.924. The van der Waals surface area contributed by atoms with E-state index in [4.69, 9.17) is 5.11 Å². The van der Waals surface area contributed by atoms with Crippen molar-refractivity contribution < 1.29 is 14.7 Å². The predicted octanol–water partition coefficient (Wildman–Crippen LogP) is 1.09. The highest BCUT2D eigenvalue weighted by molar-refractivity contribution is 5.75. The molecule has 0 radical (unpaired) electrons. The molecule has 2 N–H and O–H groups in total. The molecule has 0 saturated heterocycles. The van der Waals surface area contributed by atoms with Crippen LogP contribution in [-0.2, 0) is 11.3 Å². The van der Waals surface area contributed by atoms with E-state index in [2.05, 4.69) is 10.3 Å². The molecule has 98 valence electrons. The largest absolute Gasteiger partial charge is 0.481 e. The van der Waals surface area contributed by atoms with Crippen molar-refractivity contribution in [1.29, 1.82) is 0 Å². The highest BCUT2D eigenvalue weighted by Crippen LogP contribution is 2.03. The minimum Gasteiger partial charge on any atom is -0.481 e. The summed E-state index contributed by atoms with van der Waals surface area (Å²) in [4.78, 5) is 27.6. The summed E-state index contributed by atoms with van der Waals surface area (Å²) in [5, 5.41) is 11.1. The van der Waals surface area contributed by atoms with E-state index in [9.17, 15) is 9.59 Å². The van der Waals surface area contributed by atoms with Gasteiger partial charge in [-0.2, -0.15) is 0 Å². The van der Waals surface area contributed by atoms with Gasteiger partial charge in [0.15, 0.2) is 0 Å². The molecular formula is C12H17N3O3. The number of rotatable bonds is 6. The van der Waals surface area contributed by atoms with Crippen molar-refractivity contribution in [2.24, 2.45) is 0 Å². The molecule has 0 spiro atoms. The number of hydrogen-bond donors (Lipinski definition) is 2. The number of aliphatic carboxylic acids is 1. The molecule has 0 fully saturated rings. The molecule has 1 aromatic heterocycles. The number of nitrogens with zero attached hydrogens (tertiary/aromatic N) is 2. The number of amides is 2. The summed E-state index contributed by atoms with van der Waals surface area (Å²) in [5.41, 5.74) is 0.986. The van der Waals surface area contributed by atoms with Crippen LogP contribution in [0.15, 0.2) is 24.5 Å². The lowest BCUT2D eigenvalue weighted by atomic mass is 10.2. The van der Waals surface area contributed by atoms with Gasteiger partial charge in [0, 0.05) is 32.0 Å². The Morgan fingerprint density at radius 2 is 2.06 bits per heavy atom. The van der Waals surface area contributed by atoms with E-state index in [1.54, 1.807) is 17.3 Å². The molecule has 0 atom stereocenters. The molecule has 0 bridgehead atoms. The smallest absolute Gasteiger partial charge is 0.317 e. The molecule has 0 aliphatic heterocycles. The first-order valence-electron chi connectivity index (χ1n) is 5.77. The molecule has 0 aliphatic rings. The first-order valence-corrected chi connectivity index (χ1v) is 5.77. The van der Waals surface area contributed by atoms with Gasteiger partial charge in [0.05, 0.1) is 6.42 Å². The maximum absolute atomic E-state index is 11.8. The van der Waals surface area contributed by atoms with Crippen molar-refractivity contribution in [2.45, 2.75) is 19.9 Å². The number of hydrogen-bond acceptors (Lipinski definition) is 3. The molecule has 1 aromatic rings. The van der Waals surface area contributed by atoms with Gasteiger partial charge in [-0.3, -0.25) is 9.78 Å². The fraction of sp³-hybridized carbons (Fsp3) is 0.417. The third kappa shape index (κ3) is 4.82. The van der Waals surface area contributed by atoms with Crippen molar-refractivity contribution in [3.05, 3.63) is 30.1 Å². The van der Waals surface area contributed by atoms with Crippen LogP contribution in [0.1, 0.15) is 18.9 Å². The minimum absolute atomic E-state index is 0.0709. The summed E-state index contributed by atoms with van der Waals surface area (Å²) >= 11 is 0. The quantitative estimate of drug-likeness (QED) is 0.792. The van der Waals surface area contributed by atoms with Crippen molar-refractivity contribution in [1.82, 2.24) is 15.2 Å². The number of carboxylic acids is 1. The molecule has 6 nitrogen and oxygen atoms in total. The van der Waals surface area contributed by atoms with Crippen LogP contribution in [0.5, 0.6) is 0 Å². The van der Waals surface area contributed by atoms with Crippen LogP contribution in [0.2, 0.25) is 0 Å². The average Bonchev–Trinajstić information content (AvgIpc) is 2.36. The number of nitrogens with one attached hydrogen (secondary N) is 1. The van der Waals surface area contributed by atoms with Gasteiger partial charge in [0.1, 0.15) is 0 Å². The van der Waals surface area contributed by atoms with Crippen molar-refractivity contribution in [3.8, 4) is 0 Å². The lowest BCUT2D eigenvalue weighted by molar-refractivity contribution is -0.136. The third-order valence-corrected chi connectivity index (χ3v) is 2.41. The van der Waals surface area contributed by atoms with E-state index < -0.39 is 5.97 Å². The number of carbonyl (C=O) groups is 2. The van der Waals surface area contributed by atoms with Gasteiger partial charge in [0.25, 0.3) is 0 Å². The van der Waals surface area contributed by atoms with Crippen LogP contribution in [0.25, 0.3) is 0 Å². The maximum Gasteiger partial charge on any atom is 0.317 e. The molecule has 0 unspecified atom stereocenters. The molecule has 0 saturated carbocycles. The molecule has 18 heavy (non-hydrogen) atoms. The van der Waals surface area contributed by atoms with E-state index in [1.165, 1.54) is 0 Å². The number of carboxylic acid groups (broad SMARTS) is 1. The zero-order valence-corrected chi connectivity index (χ0v) is 10.3. The van der Waals surface area contributed by atoms with Crippen molar-refractivity contribution in [2.75, 3.05) is 13.1 Å². The normalized spacial score (nSPS) is 9.83. The van der Waals surface area contributed by atoms with Crippen molar-refractivity contribution >= 4 is 12.0 Å². The Hall–Kier alpha value is -2.11. The second-order valence-electron chi connectivity index (χ2n) is 3.75. The van der Waals surface area contributed by atoms with Gasteiger partial charge < -0.3 is 15.3 Å². The zero-order valence-electron chi connectivity index (χ0n) is 10.3. The summed E-state index contributed by atoms with van der Waals surface area (Å²) in [6.45, 7) is 3.05.